The number of hydrogen-bond donors (Lipinski definition) is 2. The van der Waals surface area contributed by atoms with Crippen LogP contribution in [0.2, 0.25) is 0 Å². The molecule has 1 aromatic rings. The minimum Gasteiger partial charge on any atom is -0.481 e. The van der Waals surface area contributed by atoms with Crippen LogP contribution < -0.4 is 5.32 Å². The van der Waals surface area contributed by atoms with Gasteiger partial charge in [-0.25, -0.2) is 0 Å². The molecular formula is C13H16N2O5. The van der Waals surface area contributed by atoms with Crippen molar-refractivity contribution in [1.29, 1.82) is 0 Å². The molecule has 0 aromatic heterocycles. The predicted octanol–water partition coefficient (Wildman–Crippen LogP) is 1.97. The number of carboxylic acid groups (broad SMARTS) is 1. The Kier molecular flexibility index (Phi) is 6.15. The van der Waals surface area contributed by atoms with Crippen molar-refractivity contribution >= 4 is 17.6 Å². The molecule has 0 saturated heterocycles. The van der Waals surface area contributed by atoms with Crippen LogP contribution in [-0.4, -0.2) is 28.5 Å². The highest BCUT2D eigenvalue weighted by molar-refractivity contribution is 5.94. The number of non-ortho nitro benzene ring substituents is 1. The Morgan fingerprint density at radius 2 is 1.80 bits per heavy atom. The van der Waals surface area contributed by atoms with Crippen LogP contribution >= 0.6 is 0 Å². The molecule has 108 valence electrons. The normalized spacial score (nSPS) is 10.0. The molecular weight excluding hydrogens is 264 g/mol. The molecule has 0 bridgehead atoms. The van der Waals surface area contributed by atoms with Crippen LogP contribution in [0.1, 0.15) is 36.0 Å². The zero-order valence-corrected chi connectivity index (χ0v) is 10.9. The summed E-state index contributed by atoms with van der Waals surface area (Å²) in [5.41, 5.74) is 0.302. The fraction of sp³-hybridized carbons (Fsp3) is 0.385. The Labute approximate surface area is 115 Å². The predicted molar refractivity (Wildman–Crippen MR) is 71.5 cm³/mol. The topological polar surface area (TPSA) is 110 Å². The van der Waals surface area contributed by atoms with Gasteiger partial charge in [-0.05, 0) is 25.0 Å². The Balaban J connectivity index is 2.29. The van der Waals surface area contributed by atoms with E-state index in [0.717, 1.165) is 6.42 Å². The van der Waals surface area contributed by atoms with Gasteiger partial charge >= 0.3 is 5.97 Å². The maximum Gasteiger partial charge on any atom is 0.303 e. The maximum absolute atomic E-state index is 11.7. The van der Waals surface area contributed by atoms with Crippen molar-refractivity contribution in [3.8, 4) is 0 Å². The van der Waals surface area contributed by atoms with Crippen LogP contribution in [0.25, 0.3) is 0 Å². The van der Waals surface area contributed by atoms with E-state index in [4.69, 9.17) is 5.11 Å². The van der Waals surface area contributed by atoms with Gasteiger partial charge in [-0.3, -0.25) is 19.7 Å². The first kappa shape index (κ1) is 15.6. The molecule has 0 aliphatic heterocycles. The number of aliphatic carboxylic acids is 1. The summed E-state index contributed by atoms with van der Waals surface area (Å²) in [5.74, 6) is -1.11. The van der Waals surface area contributed by atoms with Gasteiger partial charge in [0.05, 0.1) is 4.92 Å². The van der Waals surface area contributed by atoms with Gasteiger partial charge in [0.15, 0.2) is 0 Å². The Morgan fingerprint density at radius 3 is 2.35 bits per heavy atom. The van der Waals surface area contributed by atoms with E-state index in [9.17, 15) is 19.7 Å². The first-order chi connectivity index (χ1) is 9.50. The lowest BCUT2D eigenvalue weighted by Gasteiger charge is -2.04. The number of nitro benzene ring substituents is 1. The molecule has 0 fully saturated rings. The molecule has 7 heteroatoms. The molecule has 0 aliphatic carbocycles. The van der Waals surface area contributed by atoms with Gasteiger partial charge < -0.3 is 10.4 Å². The fourth-order valence-corrected chi connectivity index (χ4v) is 1.62. The van der Waals surface area contributed by atoms with Crippen LogP contribution in [0.3, 0.4) is 0 Å². The number of unbranched alkanes of at least 4 members (excludes halogenated alkanes) is 2. The van der Waals surface area contributed by atoms with Crippen molar-refractivity contribution in [3.63, 3.8) is 0 Å². The maximum atomic E-state index is 11.7. The van der Waals surface area contributed by atoms with Crippen LogP contribution in [0.4, 0.5) is 5.69 Å². The number of carbonyl (C=O) groups is 2. The highest BCUT2D eigenvalue weighted by Crippen LogP contribution is 2.11. The van der Waals surface area contributed by atoms with Crippen LogP contribution in [-0.2, 0) is 4.79 Å². The lowest BCUT2D eigenvalue weighted by Crippen LogP contribution is -2.24. The molecule has 0 aliphatic rings. The molecule has 0 heterocycles. The van der Waals surface area contributed by atoms with Crippen molar-refractivity contribution in [1.82, 2.24) is 5.32 Å². The first-order valence-corrected chi connectivity index (χ1v) is 6.25. The van der Waals surface area contributed by atoms with Crippen LogP contribution in [0.5, 0.6) is 0 Å². The van der Waals surface area contributed by atoms with E-state index in [-0.39, 0.29) is 18.0 Å². The quantitative estimate of drug-likeness (QED) is 0.430. The van der Waals surface area contributed by atoms with E-state index in [0.29, 0.717) is 24.9 Å². The second-order valence-corrected chi connectivity index (χ2v) is 4.26. The number of hydrogen-bond acceptors (Lipinski definition) is 4. The highest BCUT2D eigenvalue weighted by Gasteiger charge is 2.08. The number of benzene rings is 1. The molecule has 2 N–H and O–H groups in total. The summed E-state index contributed by atoms with van der Waals surface area (Å²) in [6.07, 6.45) is 2.15. The third-order valence-electron chi connectivity index (χ3n) is 2.69. The number of nitrogens with zero attached hydrogens (tertiary/aromatic N) is 1. The number of carbonyl (C=O) groups excluding carboxylic acids is 1. The molecule has 1 amide bonds. The summed E-state index contributed by atoms with van der Waals surface area (Å²) in [5, 5.41) is 21.6. The Morgan fingerprint density at radius 1 is 1.15 bits per heavy atom. The van der Waals surface area contributed by atoms with Gasteiger partial charge in [0, 0.05) is 30.7 Å². The van der Waals surface area contributed by atoms with E-state index < -0.39 is 10.9 Å². The van der Waals surface area contributed by atoms with Gasteiger partial charge in [-0.1, -0.05) is 6.42 Å². The van der Waals surface area contributed by atoms with E-state index in [1.807, 2.05) is 0 Å². The van der Waals surface area contributed by atoms with E-state index >= 15 is 0 Å². The molecule has 0 unspecified atom stereocenters. The molecule has 1 rings (SSSR count). The molecule has 1 aromatic carbocycles. The van der Waals surface area contributed by atoms with Gasteiger partial charge in [0.25, 0.3) is 11.6 Å². The van der Waals surface area contributed by atoms with E-state index in [1.165, 1.54) is 24.3 Å². The Hall–Kier alpha value is -2.44. The summed E-state index contributed by atoms with van der Waals surface area (Å²) < 4.78 is 0. The number of rotatable bonds is 8. The molecule has 0 spiro atoms. The van der Waals surface area contributed by atoms with Crippen LogP contribution in [0, 0.1) is 10.1 Å². The standard InChI is InChI=1S/C13H16N2O5/c16-12(17)4-2-1-3-9-14-13(18)10-5-7-11(8-6-10)15(19)20/h5-8H,1-4,9H2,(H,14,18)(H,16,17). The lowest BCUT2D eigenvalue weighted by atomic mass is 10.1. The molecule has 0 atom stereocenters. The molecule has 20 heavy (non-hydrogen) atoms. The molecule has 0 radical (unpaired) electrons. The third kappa shape index (κ3) is 5.47. The van der Waals surface area contributed by atoms with Crippen molar-refractivity contribution in [2.75, 3.05) is 6.54 Å². The monoisotopic (exact) mass is 280 g/mol. The van der Waals surface area contributed by atoms with Gasteiger partial charge in [-0.2, -0.15) is 0 Å². The largest absolute Gasteiger partial charge is 0.481 e. The average molecular weight is 280 g/mol. The second kappa shape index (κ2) is 7.88. The summed E-state index contributed by atoms with van der Waals surface area (Å²) >= 11 is 0. The van der Waals surface area contributed by atoms with Crippen molar-refractivity contribution in [2.24, 2.45) is 0 Å². The zero-order valence-electron chi connectivity index (χ0n) is 10.9. The van der Waals surface area contributed by atoms with Crippen molar-refractivity contribution in [3.05, 3.63) is 39.9 Å². The van der Waals surface area contributed by atoms with Crippen molar-refractivity contribution < 1.29 is 19.6 Å². The van der Waals surface area contributed by atoms with Gasteiger partial charge in [0.2, 0.25) is 0 Å². The average Bonchev–Trinajstić information content (AvgIpc) is 2.42. The number of nitrogens with one attached hydrogen (secondary N) is 1. The zero-order chi connectivity index (χ0) is 15.0. The van der Waals surface area contributed by atoms with Gasteiger partial charge in [0.1, 0.15) is 0 Å². The SMILES string of the molecule is O=C(O)CCCCCNC(=O)c1ccc([N+](=O)[O-])cc1. The van der Waals surface area contributed by atoms with Gasteiger partial charge in [-0.15, -0.1) is 0 Å². The third-order valence-corrected chi connectivity index (χ3v) is 2.69. The van der Waals surface area contributed by atoms with Crippen LogP contribution in [0.15, 0.2) is 24.3 Å². The first-order valence-electron chi connectivity index (χ1n) is 6.25. The number of carboxylic acids is 1. The summed E-state index contributed by atoms with van der Waals surface area (Å²) in [6, 6.07) is 5.36. The smallest absolute Gasteiger partial charge is 0.303 e. The fourth-order valence-electron chi connectivity index (χ4n) is 1.62. The van der Waals surface area contributed by atoms with Crippen molar-refractivity contribution in [2.45, 2.75) is 25.7 Å². The second-order valence-electron chi connectivity index (χ2n) is 4.26. The lowest BCUT2D eigenvalue weighted by molar-refractivity contribution is -0.384. The molecule has 7 nitrogen and oxygen atoms in total. The highest BCUT2D eigenvalue weighted by atomic mass is 16.6. The number of amides is 1. The minimum absolute atomic E-state index is 0.0600. The minimum atomic E-state index is -0.820. The van der Waals surface area contributed by atoms with E-state index in [1.54, 1.807) is 0 Å². The summed E-state index contributed by atoms with van der Waals surface area (Å²) in [6.45, 7) is 0.454. The number of nitro groups is 1. The van der Waals surface area contributed by atoms with E-state index in [2.05, 4.69) is 5.32 Å². The summed E-state index contributed by atoms with van der Waals surface area (Å²) in [4.78, 5) is 31.9. The Bertz CT molecular complexity index is 484. The molecule has 0 saturated carbocycles. The summed E-state index contributed by atoms with van der Waals surface area (Å²) in [7, 11) is 0.